The Kier molecular flexibility index (Phi) is 7.54. The van der Waals surface area contributed by atoms with Crippen LogP contribution in [0.2, 0.25) is 18.1 Å². The van der Waals surface area contributed by atoms with Gasteiger partial charge in [-0.3, -0.25) is 4.79 Å². The second-order valence-corrected chi connectivity index (χ2v) is 12.3. The fraction of sp³-hybridized carbons (Fsp3) is 0.526. The lowest BCUT2D eigenvalue weighted by atomic mass is 10.1. The summed E-state index contributed by atoms with van der Waals surface area (Å²) in [7, 11) is -1.81. The van der Waals surface area contributed by atoms with Crippen LogP contribution in [0.4, 0.5) is 5.69 Å². The van der Waals surface area contributed by atoms with Gasteiger partial charge < -0.3 is 14.5 Å². The third-order valence-electron chi connectivity index (χ3n) is 4.57. The summed E-state index contributed by atoms with van der Waals surface area (Å²) < 4.78 is 10.8. The van der Waals surface area contributed by atoms with Gasteiger partial charge in [0.2, 0.25) is 0 Å². The van der Waals surface area contributed by atoms with Gasteiger partial charge >= 0.3 is 11.9 Å². The first-order valence-corrected chi connectivity index (χ1v) is 11.6. The summed E-state index contributed by atoms with van der Waals surface area (Å²) in [6.45, 7) is 13.3. The Morgan fingerprint density at radius 3 is 2.46 bits per heavy atom. The predicted octanol–water partition coefficient (Wildman–Crippen LogP) is 3.62. The van der Waals surface area contributed by atoms with Crippen molar-refractivity contribution in [3.63, 3.8) is 0 Å². The van der Waals surface area contributed by atoms with Gasteiger partial charge in [-0.15, -0.1) is 0 Å². The number of hydrogen-bond donors (Lipinski definition) is 1. The highest BCUT2D eigenvalue weighted by Gasteiger charge is 2.36. The van der Waals surface area contributed by atoms with Crippen LogP contribution in [-0.4, -0.2) is 33.4 Å². The van der Waals surface area contributed by atoms with Crippen LogP contribution >= 0.6 is 0 Å². The molecule has 0 atom stereocenters. The topological polar surface area (TPSA) is 88.4 Å². The Bertz CT molecular complexity index is 702. The Morgan fingerprint density at radius 2 is 1.92 bits per heavy atom. The second-order valence-electron chi connectivity index (χ2n) is 7.53. The number of amides is 1. The number of rotatable bonds is 6. The third-order valence-corrected chi connectivity index (χ3v) is 9.11. The van der Waals surface area contributed by atoms with Gasteiger partial charge in [0.25, 0.3) is 0 Å². The zero-order valence-electron chi connectivity index (χ0n) is 16.4. The Hall–Kier alpha value is -2.17. The molecule has 7 heteroatoms. The van der Waals surface area contributed by atoms with Crippen molar-refractivity contribution < 1.29 is 18.8 Å². The molecule has 142 valence electrons. The SMILES string of the molecule is CCOC(=O)C(=O)Nc1ccc(CCO[Si](C)(C)C(C)(C)C)cc1C#N. The summed E-state index contributed by atoms with van der Waals surface area (Å²) in [6.07, 6.45) is 0.674. The van der Waals surface area contributed by atoms with Crippen molar-refractivity contribution in [2.24, 2.45) is 0 Å². The molecule has 0 saturated heterocycles. The number of hydrogen-bond acceptors (Lipinski definition) is 5. The first-order valence-electron chi connectivity index (χ1n) is 8.67. The smallest absolute Gasteiger partial charge is 0.397 e. The molecule has 1 aromatic rings. The summed E-state index contributed by atoms with van der Waals surface area (Å²) in [5.41, 5.74) is 1.53. The van der Waals surface area contributed by atoms with Gasteiger partial charge in [0.05, 0.1) is 17.9 Å². The molecule has 0 aliphatic carbocycles. The molecule has 0 aliphatic rings. The van der Waals surface area contributed by atoms with Gasteiger partial charge in [0, 0.05) is 6.61 Å². The average Bonchev–Trinajstić information content (AvgIpc) is 2.55. The lowest BCUT2D eigenvalue weighted by molar-refractivity contribution is -0.152. The van der Waals surface area contributed by atoms with Crippen LogP contribution in [0, 0.1) is 11.3 Å². The number of nitrogens with one attached hydrogen (secondary N) is 1. The van der Waals surface area contributed by atoms with Crippen molar-refractivity contribution in [1.82, 2.24) is 0 Å². The zero-order valence-corrected chi connectivity index (χ0v) is 17.4. The highest BCUT2D eigenvalue weighted by atomic mass is 28.4. The van der Waals surface area contributed by atoms with Gasteiger partial charge in [0.15, 0.2) is 8.32 Å². The lowest BCUT2D eigenvalue weighted by Crippen LogP contribution is -2.41. The molecular weight excluding hydrogens is 348 g/mol. The van der Waals surface area contributed by atoms with Gasteiger partial charge in [-0.1, -0.05) is 26.8 Å². The molecule has 1 N–H and O–H groups in total. The standard InChI is InChI=1S/C19H28N2O4Si/c1-7-24-18(23)17(22)21-16-9-8-14(12-15(16)13-20)10-11-25-26(5,6)19(2,3)4/h8-9,12H,7,10-11H2,1-6H3,(H,21,22). The number of nitrogens with zero attached hydrogens (tertiary/aromatic N) is 1. The van der Waals surface area contributed by atoms with Gasteiger partial charge in [-0.25, -0.2) is 4.79 Å². The number of ether oxygens (including phenoxy) is 1. The Labute approximate surface area is 156 Å². The fourth-order valence-corrected chi connectivity index (χ4v) is 3.00. The molecule has 1 rings (SSSR count). The van der Waals surface area contributed by atoms with E-state index >= 15 is 0 Å². The highest BCUT2D eigenvalue weighted by molar-refractivity contribution is 6.74. The molecule has 0 fully saturated rings. The normalized spacial score (nSPS) is 11.6. The van der Waals surface area contributed by atoms with E-state index in [0.29, 0.717) is 24.3 Å². The second kappa shape index (κ2) is 8.97. The van der Waals surface area contributed by atoms with E-state index in [-0.39, 0.29) is 11.6 Å². The number of carbonyl (C=O) groups is 2. The van der Waals surface area contributed by atoms with E-state index in [1.165, 1.54) is 0 Å². The van der Waals surface area contributed by atoms with E-state index in [1.54, 1.807) is 19.1 Å². The van der Waals surface area contributed by atoms with Crippen LogP contribution < -0.4 is 5.32 Å². The molecule has 0 bridgehead atoms. The maximum atomic E-state index is 11.7. The van der Waals surface area contributed by atoms with Crippen LogP contribution in [0.1, 0.15) is 38.8 Å². The summed E-state index contributed by atoms with van der Waals surface area (Å²) in [5.74, 6) is -1.86. The minimum absolute atomic E-state index is 0.116. The Morgan fingerprint density at radius 1 is 1.27 bits per heavy atom. The predicted molar refractivity (Wildman–Crippen MR) is 103 cm³/mol. The number of carbonyl (C=O) groups excluding carboxylic acids is 2. The molecule has 1 aromatic carbocycles. The number of esters is 1. The average molecular weight is 377 g/mol. The molecule has 0 aromatic heterocycles. The molecule has 1 amide bonds. The zero-order chi connectivity index (χ0) is 20.0. The van der Waals surface area contributed by atoms with Crippen molar-refractivity contribution in [3.05, 3.63) is 29.3 Å². The van der Waals surface area contributed by atoms with Crippen molar-refractivity contribution in [3.8, 4) is 6.07 Å². The van der Waals surface area contributed by atoms with Crippen LogP contribution in [0.3, 0.4) is 0 Å². The van der Waals surface area contributed by atoms with Crippen molar-refractivity contribution >= 4 is 25.9 Å². The number of benzene rings is 1. The quantitative estimate of drug-likeness (QED) is 0.465. The summed E-state index contributed by atoms with van der Waals surface area (Å²) in [4.78, 5) is 23.1. The highest BCUT2D eigenvalue weighted by Crippen LogP contribution is 2.36. The van der Waals surface area contributed by atoms with E-state index in [4.69, 9.17) is 4.43 Å². The maximum Gasteiger partial charge on any atom is 0.397 e. The molecule has 26 heavy (non-hydrogen) atoms. The first-order chi connectivity index (χ1) is 12.0. The van der Waals surface area contributed by atoms with E-state index in [0.717, 1.165) is 5.56 Å². The minimum Gasteiger partial charge on any atom is -0.459 e. The first kappa shape index (κ1) is 21.9. The van der Waals surface area contributed by atoms with Crippen LogP contribution in [0.25, 0.3) is 0 Å². The van der Waals surface area contributed by atoms with Gasteiger partial charge in [0.1, 0.15) is 6.07 Å². The third kappa shape index (κ3) is 5.97. The van der Waals surface area contributed by atoms with Gasteiger partial charge in [-0.2, -0.15) is 5.26 Å². The molecule has 0 unspecified atom stereocenters. The largest absolute Gasteiger partial charge is 0.459 e. The van der Waals surface area contributed by atoms with E-state index in [2.05, 4.69) is 43.9 Å². The van der Waals surface area contributed by atoms with E-state index in [9.17, 15) is 14.9 Å². The summed E-state index contributed by atoms with van der Waals surface area (Å²) >= 11 is 0. The number of anilines is 1. The molecule has 0 aliphatic heterocycles. The van der Waals surface area contributed by atoms with Crippen LogP contribution in [0.15, 0.2) is 18.2 Å². The summed E-state index contributed by atoms with van der Waals surface area (Å²) in [5, 5.41) is 11.9. The molecule has 0 spiro atoms. The van der Waals surface area contributed by atoms with Gasteiger partial charge in [-0.05, 0) is 49.2 Å². The van der Waals surface area contributed by atoms with Crippen molar-refractivity contribution in [1.29, 1.82) is 5.26 Å². The monoisotopic (exact) mass is 376 g/mol. The minimum atomic E-state index is -1.81. The van der Waals surface area contributed by atoms with E-state index in [1.807, 2.05) is 12.1 Å². The molecule has 0 radical (unpaired) electrons. The fourth-order valence-electron chi connectivity index (χ4n) is 1.96. The molecule has 0 heterocycles. The maximum absolute atomic E-state index is 11.7. The lowest BCUT2D eigenvalue weighted by Gasteiger charge is -2.36. The van der Waals surface area contributed by atoms with Crippen molar-refractivity contribution in [2.45, 2.75) is 52.2 Å². The van der Waals surface area contributed by atoms with Crippen molar-refractivity contribution in [2.75, 3.05) is 18.5 Å². The van der Waals surface area contributed by atoms with Crippen LogP contribution in [0.5, 0.6) is 0 Å². The summed E-state index contributed by atoms with van der Waals surface area (Å²) in [6, 6.07) is 7.19. The van der Waals surface area contributed by atoms with E-state index < -0.39 is 20.2 Å². The number of nitriles is 1. The molecular formula is C19H28N2O4Si. The Balaban J connectivity index is 2.76. The molecule has 6 nitrogen and oxygen atoms in total. The van der Waals surface area contributed by atoms with Crippen LogP contribution in [-0.2, 0) is 25.2 Å². The molecule has 0 saturated carbocycles.